The summed E-state index contributed by atoms with van der Waals surface area (Å²) < 4.78 is 0. The number of nitrogens with zero attached hydrogens (tertiary/aromatic N) is 1. The van der Waals surface area contributed by atoms with Gasteiger partial charge in [0.1, 0.15) is 0 Å². The van der Waals surface area contributed by atoms with Crippen molar-refractivity contribution in [3.05, 3.63) is 36.2 Å². The third-order valence-electron chi connectivity index (χ3n) is 1.68. The first-order valence-electron chi connectivity index (χ1n) is 4.72. The molecule has 0 unspecified atom stereocenters. The average molecular weight is 206 g/mol. The Morgan fingerprint density at radius 2 is 2.53 bits per heavy atom. The highest BCUT2D eigenvalue weighted by Gasteiger charge is 1.97. The zero-order valence-electron chi connectivity index (χ0n) is 8.55. The van der Waals surface area contributed by atoms with Gasteiger partial charge in [-0.05, 0) is 24.6 Å². The Kier molecular flexibility index (Phi) is 4.50. The molecule has 0 radical (unpaired) electrons. The number of carbonyl (C=O) groups is 1. The Labute approximate surface area is 88.7 Å². The number of pyridine rings is 1. The van der Waals surface area contributed by atoms with Gasteiger partial charge in [0.25, 0.3) is 0 Å². The van der Waals surface area contributed by atoms with E-state index in [9.17, 15) is 4.79 Å². The molecule has 80 valence electrons. The molecule has 0 aliphatic heterocycles. The number of hydrogen-bond donors (Lipinski definition) is 2. The Hall–Kier alpha value is -1.68. The molecule has 0 aromatic carbocycles. The molecule has 0 saturated heterocycles. The monoisotopic (exact) mass is 206 g/mol. The lowest BCUT2D eigenvalue weighted by atomic mass is 10.2. The standard InChI is InChI=1S/C11H14N2O2/c1-9(14)7-13-11(15)5-4-10-3-2-6-12-8-10/h2-6,8-9,14H,7H2,1H3,(H,13,15)/b5-4+/t9-/m0/s1. The summed E-state index contributed by atoms with van der Waals surface area (Å²) in [5.41, 5.74) is 0.865. The van der Waals surface area contributed by atoms with Crippen molar-refractivity contribution in [1.29, 1.82) is 0 Å². The Balaban J connectivity index is 2.41. The van der Waals surface area contributed by atoms with Crippen LogP contribution in [0.3, 0.4) is 0 Å². The lowest BCUT2D eigenvalue weighted by molar-refractivity contribution is -0.116. The fourth-order valence-corrected chi connectivity index (χ4v) is 0.954. The van der Waals surface area contributed by atoms with Crippen molar-refractivity contribution in [3.63, 3.8) is 0 Å². The zero-order valence-corrected chi connectivity index (χ0v) is 8.55. The number of aromatic nitrogens is 1. The molecular formula is C11H14N2O2. The van der Waals surface area contributed by atoms with Gasteiger partial charge in [-0.25, -0.2) is 0 Å². The molecular weight excluding hydrogens is 192 g/mol. The van der Waals surface area contributed by atoms with Gasteiger partial charge in [0, 0.05) is 25.0 Å². The number of aliphatic hydroxyl groups excluding tert-OH is 1. The maximum atomic E-state index is 11.2. The van der Waals surface area contributed by atoms with E-state index in [4.69, 9.17) is 5.11 Å². The third kappa shape index (κ3) is 4.93. The lowest BCUT2D eigenvalue weighted by Gasteiger charge is -2.03. The van der Waals surface area contributed by atoms with Crippen LogP contribution in [0.25, 0.3) is 6.08 Å². The van der Waals surface area contributed by atoms with E-state index in [1.165, 1.54) is 6.08 Å². The minimum Gasteiger partial charge on any atom is -0.392 e. The molecule has 0 fully saturated rings. The van der Waals surface area contributed by atoms with E-state index in [0.717, 1.165) is 5.56 Å². The third-order valence-corrected chi connectivity index (χ3v) is 1.68. The van der Waals surface area contributed by atoms with Crippen molar-refractivity contribution in [1.82, 2.24) is 10.3 Å². The van der Waals surface area contributed by atoms with E-state index in [0.29, 0.717) is 0 Å². The highest BCUT2D eigenvalue weighted by atomic mass is 16.3. The average Bonchev–Trinajstić information content (AvgIpc) is 2.25. The summed E-state index contributed by atoms with van der Waals surface area (Å²) in [6.07, 6.45) is 5.90. The van der Waals surface area contributed by atoms with Crippen molar-refractivity contribution in [2.24, 2.45) is 0 Å². The number of nitrogens with one attached hydrogen (secondary N) is 1. The molecule has 1 aromatic heterocycles. The summed E-state index contributed by atoms with van der Waals surface area (Å²) in [6.45, 7) is 1.88. The zero-order chi connectivity index (χ0) is 11.1. The van der Waals surface area contributed by atoms with Crippen LogP contribution in [-0.4, -0.2) is 28.6 Å². The molecule has 0 aliphatic carbocycles. The van der Waals surface area contributed by atoms with Crippen molar-refractivity contribution in [2.45, 2.75) is 13.0 Å². The number of hydrogen-bond acceptors (Lipinski definition) is 3. The van der Waals surface area contributed by atoms with Gasteiger partial charge in [-0.3, -0.25) is 9.78 Å². The molecule has 1 heterocycles. The van der Waals surface area contributed by atoms with Crippen LogP contribution in [0.4, 0.5) is 0 Å². The Bertz CT molecular complexity index is 334. The highest BCUT2D eigenvalue weighted by Crippen LogP contribution is 1.97. The fraction of sp³-hybridized carbons (Fsp3) is 0.273. The smallest absolute Gasteiger partial charge is 0.244 e. The molecule has 1 atom stereocenters. The normalized spacial score (nSPS) is 12.7. The summed E-state index contributed by atoms with van der Waals surface area (Å²) in [5.74, 6) is -0.222. The number of aliphatic hydroxyl groups is 1. The van der Waals surface area contributed by atoms with Crippen LogP contribution < -0.4 is 5.32 Å². The van der Waals surface area contributed by atoms with Crippen LogP contribution in [0.1, 0.15) is 12.5 Å². The van der Waals surface area contributed by atoms with Crippen LogP contribution in [0.15, 0.2) is 30.6 Å². The van der Waals surface area contributed by atoms with Crippen LogP contribution >= 0.6 is 0 Å². The predicted molar refractivity (Wildman–Crippen MR) is 58.0 cm³/mol. The maximum Gasteiger partial charge on any atom is 0.244 e. The number of amides is 1. The summed E-state index contributed by atoms with van der Waals surface area (Å²) in [5, 5.41) is 11.5. The molecule has 0 bridgehead atoms. The van der Waals surface area contributed by atoms with Gasteiger partial charge in [0.05, 0.1) is 6.10 Å². The first kappa shape index (κ1) is 11.4. The first-order chi connectivity index (χ1) is 7.18. The van der Waals surface area contributed by atoms with Gasteiger partial charge in [0.2, 0.25) is 5.91 Å². The summed E-state index contributed by atoms with van der Waals surface area (Å²) >= 11 is 0. The van der Waals surface area contributed by atoms with E-state index >= 15 is 0 Å². The van der Waals surface area contributed by atoms with Crippen molar-refractivity contribution >= 4 is 12.0 Å². The largest absolute Gasteiger partial charge is 0.392 e. The van der Waals surface area contributed by atoms with Crippen molar-refractivity contribution in [2.75, 3.05) is 6.54 Å². The lowest BCUT2D eigenvalue weighted by Crippen LogP contribution is -2.28. The Morgan fingerprint density at radius 3 is 3.13 bits per heavy atom. The summed E-state index contributed by atoms with van der Waals surface area (Å²) in [6, 6.07) is 3.65. The number of carbonyl (C=O) groups excluding carboxylic acids is 1. The summed E-state index contributed by atoms with van der Waals surface area (Å²) in [4.78, 5) is 15.1. The molecule has 1 rings (SSSR count). The quantitative estimate of drug-likeness (QED) is 0.709. The maximum absolute atomic E-state index is 11.2. The minimum atomic E-state index is -0.527. The highest BCUT2D eigenvalue weighted by molar-refractivity contribution is 5.91. The Morgan fingerprint density at radius 1 is 1.73 bits per heavy atom. The van der Waals surface area contributed by atoms with Crippen LogP contribution in [-0.2, 0) is 4.79 Å². The topological polar surface area (TPSA) is 62.2 Å². The van der Waals surface area contributed by atoms with Crippen LogP contribution in [0.2, 0.25) is 0 Å². The van der Waals surface area contributed by atoms with Gasteiger partial charge in [-0.1, -0.05) is 6.07 Å². The van der Waals surface area contributed by atoms with Crippen LogP contribution in [0.5, 0.6) is 0 Å². The SMILES string of the molecule is C[C@H](O)CNC(=O)/C=C/c1cccnc1. The first-order valence-corrected chi connectivity index (χ1v) is 4.72. The molecule has 1 amide bonds. The van der Waals surface area contributed by atoms with Crippen molar-refractivity contribution in [3.8, 4) is 0 Å². The second-order valence-corrected chi connectivity index (χ2v) is 3.21. The van der Waals surface area contributed by atoms with Crippen LogP contribution in [0, 0.1) is 0 Å². The van der Waals surface area contributed by atoms with E-state index in [1.807, 2.05) is 6.07 Å². The van der Waals surface area contributed by atoms with Gasteiger partial charge in [-0.2, -0.15) is 0 Å². The predicted octanol–water partition coefficient (Wildman–Crippen LogP) is 0.592. The minimum absolute atomic E-state index is 0.222. The molecule has 2 N–H and O–H groups in total. The molecule has 4 nitrogen and oxygen atoms in total. The molecule has 1 aromatic rings. The molecule has 15 heavy (non-hydrogen) atoms. The van der Waals surface area contributed by atoms with E-state index < -0.39 is 6.10 Å². The second-order valence-electron chi connectivity index (χ2n) is 3.21. The van der Waals surface area contributed by atoms with E-state index in [-0.39, 0.29) is 12.5 Å². The van der Waals surface area contributed by atoms with Gasteiger partial charge >= 0.3 is 0 Å². The second kappa shape index (κ2) is 5.93. The van der Waals surface area contributed by atoms with Gasteiger partial charge < -0.3 is 10.4 Å². The molecule has 4 heteroatoms. The molecule has 0 spiro atoms. The number of rotatable bonds is 4. The van der Waals surface area contributed by atoms with E-state index in [2.05, 4.69) is 10.3 Å². The molecule has 0 saturated carbocycles. The molecule has 0 aliphatic rings. The van der Waals surface area contributed by atoms with Gasteiger partial charge in [-0.15, -0.1) is 0 Å². The summed E-state index contributed by atoms with van der Waals surface area (Å²) in [7, 11) is 0. The van der Waals surface area contributed by atoms with E-state index in [1.54, 1.807) is 31.5 Å². The van der Waals surface area contributed by atoms with Gasteiger partial charge in [0.15, 0.2) is 0 Å². The van der Waals surface area contributed by atoms with Crippen molar-refractivity contribution < 1.29 is 9.90 Å². The fourth-order valence-electron chi connectivity index (χ4n) is 0.954.